The Morgan fingerprint density at radius 3 is 2.29 bits per heavy atom. The fourth-order valence-corrected chi connectivity index (χ4v) is 1.83. The summed E-state index contributed by atoms with van der Waals surface area (Å²) < 4.78 is 0. The van der Waals surface area contributed by atoms with Gasteiger partial charge < -0.3 is 15.8 Å². The zero-order valence-corrected chi connectivity index (χ0v) is 11.3. The fraction of sp³-hybridized carbons (Fsp3) is 0.833. The summed E-state index contributed by atoms with van der Waals surface area (Å²) >= 11 is 0. The molecule has 0 bridgehead atoms. The van der Waals surface area contributed by atoms with Crippen LogP contribution in [0, 0.1) is 5.92 Å². The minimum Gasteiger partial charge on any atom is -0.409 e. The highest BCUT2D eigenvalue weighted by atomic mass is 16.4. The maximum Gasteiger partial charge on any atom is 0.233 e. The van der Waals surface area contributed by atoms with Gasteiger partial charge in [0.1, 0.15) is 0 Å². The Morgan fingerprint density at radius 2 is 1.88 bits per heavy atom. The second-order valence-corrected chi connectivity index (χ2v) is 4.45. The molecule has 3 N–H and O–H groups in total. The number of oxime groups is 1. The van der Waals surface area contributed by atoms with E-state index < -0.39 is 5.92 Å². The normalized spacial score (nSPS) is 15.4. The number of amidine groups is 1. The number of carbonyl (C=O) groups excluding carboxylic acids is 1. The van der Waals surface area contributed by atoms with E-state index in [0.29, 0.717) is 6.42 Å². The molecule has 100 valence electrons. The lowest BCUT2D eigenvalue weighted by Gasteiger charge is -2.28. The number of rotatable bonds is 7. The number of nitrogens with two attached hydrogens (primary N) is 1. The van der Waals surface area contributed by atoms with Gasteiger partial charge >= 0.3 is 0 Å². The van der Waals surface area contributed by atoms with Gasteiger partial charge in [-0.3, -0.25) is 4.79 Å². The minimum atomic E-state index is -0.505. The highest BCUT2D eigenvalue weighted by Gasteiger charge is 2.27. The number of hydrogen-bond donors (Lipinski definition) is 2. The van der Waals surface area contributed by atoms with Crippen LogP contribution in [-0.2, 0) is 4.79 Å². The predicted molar refractivity (Wildman–Crippen MR) is 68.9 cm³/mol. The molecule has 0 spiro atoms. The average Bonchev–Trinajstić information content (AvgIpc) is 2.33. The molecule has 5 nitrogen and oxygen atoms in total. The molecule has 2 atom stereocenters. The molecule has 0 aliphatic heterocycles. The van der Waals surface area contributed by atoms with Crippen LogP contribution in [0.2, 0.25) is 0 Å². The minimum absolute atomic E-state index is 0.00685. The Labute approximate surface area is 104 Å². The van der Waals surface area contributed by atoms with Crippen molar-refractivity contribution >= 4 is 11.7 Å². The Bertz CT molecular complexity index is 266. The molecule has 5 heteroatoms. The first-order chi connectivity index (χ1) is 7.99. The van der Waals surface area contributed by atoms with Crippen molar-refractivity contribution in [2.75, 3.05) is 7.05 Å². The summed E-state index contributed by atoms with van der Waals surface area (Å²) in [5.41, 5.74) is 5.57. The van der Waals surface area contributed by atoms with Crippen LogP contribution in [0.5, 0.6) is 0 Å². The largest absolute Gasteiger partial charge is 0.409 e. The van der Waals surface area contributed by atoms with Gasteiger partial charge in [-0.2, -0.15) is 0 Å². The summed E-state index contributed by atoms with van der Waals surface area (Å²) in [4.78, 5) is 13.9. The van der Waals surface area contributed by atoms with E-state index in [2.05, 4.69) is 12.1 Å². The monoisotopic (exact) mass is 243 g/mol. The van der Waals surface area contributed by atoms with E-state index in [1.54, 1.807) is 11.9 Å². The molecule has 0 aliphatic carbocycles. The van der Waals surface area contributed by atoms with Gasteiger partial charge in [0.25, 0.3) is 0 Å². The molecule has 0 radical (unpaired) electrons. The topological polar surface area (TPSA) is 78.9 Å². The maximum atomic E-state index is 12.2. The summed E-state index contributed by atoms with van der Waals surface area (Å²) in [5, 5.41) is 11.7. The van der Waals surface area contributed by atoms with Crippen LogP contribution in [0.1, 0.15) is 46.5 Å². The van der Waals surface area contributed by atoms with E-state index in [0.717, 1.165) is 19.3 Å². The fourth-order valence-electron chi connectivity index (χ4n) is 1.83. The van der Waals surface area contributed by atoms with Crippen LogP contribution in [0.4, 0.5) is 0 Å². The van der Waals surface area contributed by atoms with Gasteiger partial charge in [-0.25, -0.2) is 0 Å². The maximum absolute atomic E-state index is 12.2. The van der Waals surface area contributed by atoms with E-state index in [4.69, 9.17) is 10.9 Å². The zero-order chi connectivity index (χ0) is 13.4. The molecule has 0 heterocycles. The van der Waals surface area contributed by atoms with Crippen molar-refractivity contribution < 1.29 is 10.0 Å². The summed E-state index contributed by atoms with van der Waals surface area (Å²) in [7, 11) is 1.77. The molecule has 0 aromatic rings. The van der Waals surface area contributed by atoms with Crippen molar-refractivity contribution in [2.24, 2.45) is 16.8 Å². The Kier molecular flexibility index (Phi) is 7.34. The van der Waals surface area contributed by atoms with Gasteiger partial charge in [-0.1, -0.05) is 31.8 Å². The van der Waals surface area contributed by atoms with Gasteiger partial charge in [-0.15, -0.1) is 0 Å². The smallest absolute Gasteiger partial charge is 0.233 e. The Morgan fingerprint density at radius 1 is 1.35 bits per heavy atom. The molecule has 0 saturated heterocycles. The second kappa shape index (κ2) is 7.92. The molecule has 0 aliphatic rings. The highest BCUT2D eigenvalue weighted by Crippen LogP contribution is 2.14. The van der Waals surface area contributed by atoms with E-state index in [1.165, 1.54) is 0 Å². The Balaban J connectivity index is 4.71. The summed E-state index contributed by atoms with van der Waals surface area (Å²) in [6, 6.07) is 0.179. The van der Waals surface area contributed by atoms with Crippen LogP contribution in [0.3, 0.4) is 0 Å². The van der Waals surface area contributed by atoms with Crippen LogP contribution < -0.4 is 5.73 Å². The standard InChI is InChI=1S/C12H25N3O2/c1-5-7-9(3)15(4)12(16)10(8-6-2)11(13)14-17/h9-10,17H,5-8H2,1-4H3,(H2,13,14). The third-order valence-electron chi connectivity index (χ3n) is 3.06. The SMILES string of the molecule is CCCC(C(=O)N(C)C(C)CCC)C(N)=NO. The van der Waals surface area contributed by atoms with E-state index >= 15 is 0 Å². The zero-order valence-electron chi connectivity index (χ0n) is 11.3. The number of carbonyl (C=O) groups is 1. The molecule has 0 aromatic carbocycles. The first kappa shape index (κ1) is 15.7. The molecule has 17 heavy (non-hydrogen) atoms. The molecule has 0 rings (SSSR count). The third kappa shape index (κ3) is 4.63. The van der Waals surface area contributed by atoms with Crippen molar-refractivity contribution in [3.05, 3.63) is 0 Å². The van der Waals surface area contributed by atoms with Gasteiger partial charge in [0.15, 0.2) is 5.84 Å². The van der Waals surface area contributed by atoms with E-state index in [9.17, 15) is 4.79 Å². The van der Waals surface area contributed by atoms with Gasteiger partial charge in [0.2, 0.25) is 5.91 Å². The Hall–Kier alpha value is -1.26. The van der Waals surface area contributed by atoms with Crippen LogP contribution in [-0.4, -0.2) is 34.9 Å². The molecule has 1 amide bonds. The van der Waals surface area contributed by atoms with Gasteiger partial charge in [0, 0.05) is 13.1 Å². The number of nitrogens with zero attached hydrogens (tertiary/aromatic N) is 2. The van der Waals surface area contributed by atoms with Gasteiger partial charge in [0.05, 0.1) is 5.92 Å². The molecule has 0 fully saturated rings. The molecular formula is C12H25N3O2. The third-order valence-corrected chi connectivity index (χ3v) is 3.06. The summed E-state index contributed by atoms with van der Waals surface area (Å²) in [5.74, 6) is -0.565. The van der Waals surface area contributed by atoms with Crippen LogP contribution in [0.25, 0.3) is 0 Å². The molecule has 0 saturated carbocycles. The molecular weight excluding hydrogens is 218 g/mol. The average molecular weight is 243 g/mol. The predicted octanol–water partition coefficient (Wildman–Crippen LogP) is 1.80. The quantitative estimate of drug-likeness (QED) is 0.310. The second-order valence-electron chi connectivity index (χ2n) is 4.45. The van der Waals surface area contributed by atoms with Crippen LogP contribution in [0.15, 0.2) is 5.16 Å². The first-order valence-electron chi connectivity index (χ1n) is 6.23. The van der Waals surface area contributed by atoms with E-state index in [-0.39, 0.29) is 17.8 Å². The van der Waals surface area contributed by atoms with Crippen molar-refractivity contribution in [1.82, 2.24) is 4.90 Å². The number of hydrogen-bond acceptors (Lipinski definition) is 3. The van der Waals surface area contributed by atoms with Crippen molar-refractivity contribution in [3.8, 4) is 0 Å². The van der Waals surface area contributed by atoms with Crippen molar-refractivity contribution in [2.45, 2.75) is 52.5 Å². The van der Waals surface area contributed by atoms with E-state index in [1.807, 2.05) is 13.8 Å². The lowest BCUT2D eigenvalue weighted by molar-refractivity contribution is -0.134. The lowest BCUT2D eigenvalue weighted by atomic mass is 9.99. The first-order valence-corrected chi connectivity index (χ1v) is 6.23. The highest BCUT2D eigenvalue weighted by molar-refractivity contribution is 6.02. The van der Waals surface area contributed by atoms with Crippen LogP contribution >= 0.6 is 0 Å². The summed E-state index contributed by atoms with van der Waals surface area (Å²) in [6.45, 7) is 6.07. The number of amides is 1. The summed E-state index contributed by atoms with van der Waals surface area (Å²) in [6.07, 6.45) is 3.42. The van der Waals surface area contributed by atoms with Crippen molar-refractivity contribution in [3.63, 3.8) is 0 Å². The molecule has 0 aromatic heterocycles. The van der Waals surface area contributed by atoms with Gasteiger partial charge in [-0.05, 0) is 19.8 Å². The lowest BCUT2D eigenvalue weighted by Crippen LogP contribution is -2.43. The van der Waals surface area contributed by atoms with Crippen molar-refractivity contribution in [1.29, 1.82) is 0 Å². The molecule has 2 unspecified atom stereocenters.